The summed E-state index contributed by atoms with van der Waals surface area (Å²) in [6, 6.07) is 25.7. The molecule has 2 aliphatic carbocycles. The van der Waals surface area contributed by atoms with Crippen molar-refractivity contribution in [3.63, 3.8) is 0 Å². The van der Waals surface area contributed by atoms with Gasteiger partial charge in [0.25, 0.3) is 0 Å². The van der Waals surface area contributed by atoms with Crippen LogP contribution in [0.4, 0.5) is 0 Å². The molecule has 371 valence electrons. The number of hydrogen-bond donors (Lipinski definition) is 0. The van der Waals surface area contributed by atoms with E-state index in [-0.39, 0.29) is 18.1 Å². The van der Waals surface area contributed by atoms with Gasteiger partial charge in [0.2, 0.25) is 0 Å². The van der Waals surface area contributed by atoms with E-state index in [2.05, 4.69) is 220 Å². The molecule has 0 fully saturated rings. The molecule has 0 nitrogen and oxygen atoms in total. The van der Waals surface area contributed by atoms with Crippen LogP contribution >= 0.6 is 17.0 Å². The molecule has 4 aromatic rings. The van der Waals surface area contributed by atoms with Crippen LogP contribution in [0.1, 0.15) is 135 Å². The summed E-state index contributed by atoms with van der Waals surface area (Å²) in [4.78, 5) is 0. The molecule has 6 rings (SSSR count). The zero-order valence-corrected chi connectivity index (χ0v) is 56.3. The summed E-state index contributed by atoms with van der Waals surface area (Å²) < 4.78 is 0.135. The number of halogens is 2. The van der Waals surface area contributed by atoms with Crippen LogP contribution in [0, 0.1) is 0 Å². The normalized spacial score (nSPS) is 17.8. The Kier molecular flexibility index (Phi) is 16.0. The molecule has 4 aromatic carbocycles. The van der Waals surface area contributed by atoms with Gasteiger partial charge in [0.1, 0.15) is 0 Å². The number of unbranched alkanes of at least 4 members (excludes halogenated alkanes) is 2. The maximum atomic E-state index is 9.32. The average molecular weight is 1120 g/mol. The van der Waals surface area contributed by atoms with Crippen molar-refractivity contribution in [2.24, 2.45) is 0 Å². The molecule has 0 aromatic heterocycles. The standard InChI is InChI=1S/2C29H43Si2.C2H7Si.2ClH.Zr/c2*1-11-12-13-21-16-22-14-15-27(29(2,3)4)28(26(22)17-21)23-18-24(30(5,6)7)20-25(19-23)31(8,9)10;1-3-2;;;/h2*14-20H,11-13H2,1-10H3;3H,1-2H3;2*1H;/q;;;;;+2/p-2. The summed E-state index contributed by atoms with van der Waals surface area (Å²) in [5.41, 5.74) is 17.2. The summed E-state index contributed by atoms with van der Waals surface area (Å²) in [6.45, 7) is 54.6. The van der Waals surface area contributed by atoms with Gasteiger partial charge in [-0.1, -0.05) is 0 Å². The summed E-state index contributed by atoms with van der Waals surface area (Å²) >= 11 is -5.17. The van der Waals surface area contributed by atoms with Gasteiger partial charge in [-0.15, -0.1) is 0 Å². The quantitative estimate of drug-likeness (QED) is 0.104. The molecular formula is C60H93Cl2Si5Zr. The molecule has 0 bridgehead atoms. The molecule has 2 aliphatic rings. The first-order valence-corrected chi connectivity index (χ1v) is 56.9. The summed E-state index contributed by atoms with van der Waals surface area (Å²) in [6.07, 6.45) is 12.0. The Labute approximate surface area is 430 Å². The van der Waals surface area contributed by atoms with Gasteiger partial charge in [-0.2, -0.15) is 0 Å². The van der Waals surface area contributed by atoms with Crippen LogP contribution in [0.2, 0.25) is 91.7 Å². The first-order valence-electron chi connectivity index (χ1n) is 26.6. The Hall–Kier alpha value is -1.09. The SMILES string of the molecule is CCCCC1=Cc2c(ccc(C(C)(C)C)c2-c2cc([Si](C)(C)C)cc([Si](C)(C)C)c2)[CH]1[Zr]([Cl])([Cl])([CH]1C(CCCC)=Cc2c1ccc(C(C)(C)C)c2-c1cc([Si](C)(C)C)cc([Si](C)(C)C)c1)[SiH](C)C. The van der Waals surface area contributed by atoms with Crippen LogP contribution in [-0.2, 0) is 26.4 Å². The van der Waals surface area contributed by atoms with Crippen LogP contribution < -0.4 is 20.7 Å². The molecule has 2 atom stereocenters. The van der Waals surface area contributed by atoms with Crippen molar-refractivity contribution in [2.75, 3.05) is 0 Å². The Morgan fingerprint density at radius 1 is 0.485 bits per heavy atom. The molecule has 68 heavy (non-hydrogen) atoms. The zero-order chi connectivity index (χ0) is 51.1. The van der Waals surface area contributed by atoms with E-state index in [4.69, 9.17) is 0 Å². The summed E-state index contributed by atoms with van der Waals surface area (Å²) in [5.74, 6) is -1.80. The van der Waals surface area contributed by atoms with E-state index in [0.717, 1.165) is 38.5 Å². The van der Waals surface area contributed by atoms with Crippen molar-refractivity contribution < 1.29 is 15.6 Å². The van der Waals surface area contributed by atoms with Crippen LogP contribution in [-0.4, -0.2) is 38.2 Å². The minimum atomic E-state index is -5.17. The van der Waals surface area contributed by atoms with Gasteiger partial charge in [0, 0.05) is 0 Å². The third kappa shape index (κ3) is 10.8. The predicted molar refractivity (Wildman–Crippen MR) is 324 cm³/mol. The van der Waals surface area contributed by atoms with Crippen molar-refractivity contribution in [3.8, 4) is 22.3 Å². The number of benzene rings is 4. The minimum absolute atomic E-state index is 0.0507. The third-order valence-electron chi connectivity index (χ3n) is 15.9. The maximum absolute atomic E-state index is 9.32. The molecule has 0 aliphatic heterocycles. The molecule has 0 amide bonds. The van der Waals surface area contributed by atoms with Crippen LogP contribution in [0.3, 0.4) is 0 Å². The third-order valence-corrected chi connectivity index (χ3v) is 75.9. The number of rotatable bonds is 15. The van der Waals surface area contributed by atoms with Gasteiger partial charge < -0.3 is 0 Å². The average Bonchev–Trinajstić information content (AvgIpc) is 3.78. The molecule has 0 spiro atoms. The fourth-order valence-electron chi connectivity index (χ4n) is 11.5. The summed E-state index contributed by atoms with van der Waals surface area (Å²) in [7, 11) is 12.0. The molecule has 0 saturated heterocycles. The van der Waals surface area contributed by atoms with Gasteiger partial charge in [-0.05, 0) is 0 Å². The van der Waals surface area contributed by atoms with E-state index in [1.165, 1.54) is 66.8 Å². The van der Waals surface area contributed by atoms with E-state index in [9.17, 15) is 17.0 Å². The van der Waals surface area contributed by atoms with E-state index < -0.39 is 53.8 Å². The predicted octanol–water partition coefficient (Wildman–Crippen LogP) is 17.7. The van der Waals surface area contributed by atoms with Gasteiger partial charge >= 0.3 is 435 Å². The second kappa shape index (κ2) is 19.3. The van der Waals surface area contributed by atoms with E-state index in [1.54, 1.807) is 20.7 Å². The Morgan fingerprint density at radius 2 is 0.779 bits per heavy atom. The van der Waals surface area contributed by atoms with Crippen molar-refractivity contribution in [1.29, 1.82) is 0 Å². The van der Waals surface area contributed by atoms with E-state index >= 15 is 0 Å². The Morgan fingerprint density at radius 3 is 1.01 bits per heavy atom. The van der Waals surface area contributed by atoms with Gasteiger partial charge in [0.15, 0.2) is 0 Å². The van der Waals surface area contributed by atoms with E-state index in [0.29, 0.717) is 0 Å². The van der Waals surface area contributed by atoms with Gasteiger partial charge in [-0.25, -0.2) is 0 Å². The molecule has 0 radical (unpaired) electrons. The topological polar surface area (TPSA) is 0 Å². The second-order valence-corrected chi connectivity index (χ2v) is 90.8. The number of hydrogen-bond acceptors (Lipinski definition) is 0. The molecular weight excluding hydrogens is 1020 g/mol. The first kappa shape index (κ1) is 56.2. The Bertz CT molecular complexity index is 2390. The number of allylic oxidation sites excluding steroid dienone is 2. The van der Waals surface area contributed by atoms with Crippen LogP contribution in [0.25, 0.3) is 34.4 Å². The molecule has 0 heterocycles. The van der Waals surface area contributed by atoms with Gasteiger partial charge in [-0.3, -0.25) is 0 Å². The molecule has 8 heteroatoms. The fraction of sp³-hybridized carbons (Fsp3) is 0.533. The zero-order valence-electron chi connectivity index (χ0n) is 47.2. The fourth-order valence-corrected chi connectivity index (χ4v) is 48.0. The summed E-state index contributed by atoms with van der Waals surface area (Å²) in [5, 5.41) is 6.26. The molecule has 2 unspecified atom stereocenters. The first-order chi connectivity index (χ1) is 31.0. The van der Waals surface area contributed by atoms with E-state index in [1.807, 2.05) is 0 Å². The Balaban J connectivity index is 1.76. The van der Waals surface area contributed by atoms with Crippen LogP contribution in [0.5, 0.6) is 0 Å². The second-order valence-electron chi connectivity index (χ2n) is 28.0. The van der Waals surface area contributed by atoms with Crippen molar-refractivity contribution in [2.45, 2.75) is 204 Å². The van der Waals surface area contributed by atoms with Gasteiger partial charge in [0.05, 0.1) is 0 Å². The number of fused-ring (bicyclic) bond motifs is 2. The molecule has 0 saturated carbocycles. The monoisotopic (exact) mass is 1110 g/mol. The van der Waals surface area contributed by atoms with Crippen molar-refractivity contribution >= 4 is 88.1 Å². The van der Waals surface area contributed by atoms with Crippen LogP contribution in [0.15, 0.2) is 71.8 Å². The van der Waals surface area contributed by atoms with Crippen molar-refractivity contribution in [1.82, 2.24) is 0 Å². The van der Waals surface area contributed by atoms with Crippen molar-refractivity contribution in [3.05, 3.63) is 105 Å². The molecule has 0 N–H and O–H groups in total.